The molecule has 0 saturated carbocycles. The van der Waals surface area contributed by atoms with Crippen molar-refractivity contribution in [1.82, 2.24) is 9.38 Å². The van der Waals surface area contributed by atoms with Crippen LogP contribution < -0.4 is 10.1 Å². The third-order valence-electron chi connectivity index (χ3n) is 4.15. The Kier molecular flexibility index (Phi) is 3.69. The van der Waals surface area contributed by atoms with Gasteiger partial charge in [-0.3, -0.25) is 14.9 Å². The van der Waals surface area contributed by atoms with Crippen molar-refractivity contribution in [2.24, 2.45) is 0 Å². The van der Waals surface area contributed by atoms with E-state index in [1.165, 1.54) is 23.5 Å². The monoisotopic (exact) mass is 367 g/mol. The minimum Gasteiger partial charge on any atom is -0.401 e. The summed E-state index contributed by atoms with van der Waals surface area (Å²) in [6, 6.07) is 6.74. The minimum absolute atomic E-state index is 0.133. The highest BCUT2D eigenvalue weighted by Crippen LogP contribution is 2.20. The Morgan fingerprint density at radius 3 is 2.77 bits per heavy atom. The second-order valence-electron chi connectivity index (χ2n) is 5.89. The van der Waals surface area contributed by atoms with Gasteiger partial charge in [-0.05, 0) is 55.3 Å². The molecular formula is C18H13N3O4S. The lowest BCUT2D eigenvalue weighted by Gasteiger charge is -1.98. The molecule has 26 heavy (non-hydrogen) atoms. The zero-order valence-electron chi connectivity index (χ0n) is 13.9. The number of benzene rings is 1. The van der Waals surface area contributed by atoms with Crippen LogP contribution in [0.3, 0.4) is 0 Å². The lowest BCUT2D eigenvalue weighted by molar-refractivity contribution is -0.402. The third-order valence-corrected chi connectivity index (χ3v) is 5.14. The zero-order chi connectivity index (χ0) is 18.4. The maximum absolute atomic E-state index is 12.7. The fraction of sp³-hybridized carbons (Fsp3) is 0.111. The van der Waals surface area contributed by atoms with Gasteiger partial charge in [0.05, 0.1) is 21.6 Å². The number of nitro groups is 1. The van der Waals surface area contributed by atoms with Gasteiger partial charge in [0.15, 0.2) is 4.96 Å². The molecule has 0 spiro atoms. The normalized spacial score (nSPS) is 12.8. The lowest BCUT2D eigenvalue weighted by Crippen LogP contribution is -2.22. The Morgan fingerprint density at radius 2 is 2.04 bits per heavy atom. The summed E-state index contributed by atoms with van der Waals surface area (Å²) < 4.78 is 7.19. The van der Waals surface area contributed by atoms with E-state index in [0.29, 0.717) is 15.3 Å². The van der Waals surface area contributed by atoms with Gasteiger partial charge in [-0.15, -0.1) is 0 Å². The molecule has 7 nitrogen and oxygen atoms in total. The van der Waals surface area contributed by atoms with Gasteiger partial charge in [0.1, 0.15) is 10.7 Å². The molecule has 3 aromatic heterocycles. The molecule has 1 aromatic carbocycles. The maximum Gasteiger partial charge on any atom is 0.433 e. The van der Waals surface area contributed by atoms with E-state index in [1.54, 1.807) is 22.6 Å². The van der Waals surface area contributed by atoms with E-state index in [-0.39, 0.29) is 11.4 Å². The van der Waals surface area contributed by atoms with Crippen LogP contribution in [0.4, 0.5) is 5.88 Å². The van der Waals surface area contributed by atoms with Gasteiger partial charge in [0.2, 0.25) is 0 Å². The number of allylic oxidation sites excluding steroid dienone is 1. The summed E-state index contributed by atoms with van der Waals surface area (Å²) in [5.74, 6) is 0.0270. The standard InChI is InChI=1S/C18H13N3O4S/c1-10-8-13-14(9-11(10)2)20-17(22)15(26-18(20)19-13)5-3-4-12-6-7-16(25-12)21(23)24/h3-9H,1-2H3. The number of rotatable bonds is 3. The van der Waals surface area contributed by atoms with Crippen LogP contribution in [0.5, 0.6) is 0 Å². The summed E-state index contributed by atoms with van der Waals surface area (Å²) in [5, 5.41) is 10.6. The molecule has 3 heterocycles. The minimum atomic E-state index is -0.597. The summed E-state index contributed by atoms with van der Waals surface area (Å²) >= 11 is 1.30. The van der Waals surface area contributed by atoms with Gasteiger partial charge in [-0.2, -0.15) is 0 Å². The number of aryl methyl sites for hydroxylation is 2. The number of thiazole rings is 1. The van der Waals surface area contributed by atoms with Crippen LogP contribution in [0, 0.1) is 24.0 Å². The fourth-order valence-corrected chi connectivity index (χ4v) is 3.63. The van der Waals surface area contributed by atoms with E-state index >= 15 is 0 Å². The van der Waals surface area contributed by atoms with Crippen molar-refractivity contribution < 1.29 is 9.34 Å². The molecule has 0 unspecified atom stereocenters. The van der Waals surface area contributed by atoms with Crippen LogP contribution in [0.15, 0.2) is 39.6 Å². The summed E-state index contributed by atoms with van der Waals surface area (Å²) in [7, 11) is 0. The summed E-state index contributed by atoms with van der Waals surface area (Å²) in [6.07, 6.45) is 4.86. The quantitative estimate of drug-likeness (QED) is 0.409. The molecule has 0 bridgehead atoms. The first kappa shape index (κ1) is 16.2. The smallest absolute Gasteiger partial charge is 0.401 e. The second-order valence-corrected chi connectivity index (χ2v) is 6.89. The van der Waals surface area contributed by atoms with Gasteiger partial charge >= 0.3 is 5.88 Å². The summed E-state index contributed by atoms with van der Waals surface area (Å²) in [5.41, 5.74) is 3.72. The Morgan fingerprint density at radius 1 is 1.27 bits per heavy atom. The first-order chi connectivity index (χ1) is 12.4. The highest BCUT2D eigenvalue weighted by atomic mass is 32.1. The number of hydrogen-bond acceptors (Lipinski definition) is 6. The Hall–Kier alpha value is -3.26. The maximum atomic E-state index is 12.7. The molecule has 0 saturated heterocycles. The van der Waals surface area contributed by atoms with Gasteiger partial charge in [0.25, 0.3) is 5.56 Å². The van der Waals surface area contributed by atoms with Gasteiger partial charge in [-0.25, -0.2) is 9.38 Å². The van der Waals surface area contributed by atoms with E-state index in [1.807, 2.05) is 26.0 Å². The average Bonchev–Trinajstić information content (AvgIpc) is 3.25. The predicted octanol–water partition coefficient (Wildman–Crippen LogP) is 3.24. The Balaban J connectivity index is 1.76. The first-order valence-corrected chi connectivity index (χ1v) is 8.60. The largest absolute Gasteiger partial charge is 0.433 e. The predicted molar refractivity (Wildman–Crippen MR) is 100 cm³/mol. The van der Waals surface area contributed by atoms with E-state index in [9.17, 15) is 14.9 Å². The highest BCUT2D eigenvalue weighted by Gasteiger charge is 2.12. The van der Waals surface area contributed by atoms with E-state index < -0.39 is 4.92 Å². The van der Waals surface area contributed by atoms with Crippen molar-refractivity contribution in [2.45, 2.75) is 13.8 Å². The SMILES string of the molecule is Cc1cc2nc3sc(=CC=Cc4ccc([N+](=O)[O-])o4)c(=O)n3c2cc1C. The summed E-state index contributed by atoms with van der Waals surface area (Å²) in [4.78, 5) is 27.9. The van der Waals surface area contributed by atoms with Gasteiger partial charge in [0, 0.05) is 0 Å². The number of aromatic nitrogens is 2. The molecule has 0 atom stereocenters. The fourth-order valence-electron chi connectivity index (χ4n) is 2.69. The number of fused-ring (bicyclic) bond motifs is 3. The molecule has 0 fully saturated rings. The van der Waals surface area contributed by atoms with Crippen LogP contribution in [0.1, 0.15) is 16.9 Å². The van der Waals surface area contributed by atoms with Crippen molar-refractivity contribution >= 4 is 45.4 Å². The van der Waals surface area contributed by atoms with Crippen LogP contribution in [-0.2, 0) is 0 Å². The first-order valence-electron chi connectivity index (χ1n) is 7.79. The van der Waals surface area contributed by atoms with Crippen molar-refractivity contribution in [2.75, 3.05) is 0 Å². The van der Waals surface area contributed by atoms with Crippen LogP contribution >= 0.6 is 11.3 Å². The van der Waals surface area contributed by atoms with Crippen molar-refractivity contribution in [3.8, 4) is 0 Å². The molecular weight excluding hydrogens is 354 g/mol. The summed E-state index contributed by atoms with van der Waals surface area (Å²) in [6.45, 7) is 4.02. The topological polar surface area (TPSA) is 90.7 Å². The Bertz CT molecular complexity index is 1310. The Labute approximate surface area is 150 Å². The molecule has 0 aliphatic heterocycles. The van der Waals surface area contributed by atoms with E-state index in [0.717, 1.165) is 22.2 Å². The third kappa shape index (κ3) is 2.60. The highest BCUT2D eigenvalue weighted by molar-refractivity contribution is 7.15. The molecule has 8 heteroatoms. The molecule has 130 valence electrons. The van der Waals surface area contributed by atoms with Crippen molar-refractivity contribution in [3.63, 3.8) is 0 Å². The van der Waals surface area contributed by atoms with Gasteiger partial charge < -0.3 is 4.42 Å². The molecule has 0 radical (unpaired) electrons. The number of furan rings is 1. The zero-order valence-corrected chi connectivity index (χ0v) is 14.7. The van der Waals surface area contributed by atoms with Crippen LogP contribution in [0.2, 0.25) is 0 Å². The van der Waals surface area contributed by atoms with E-state index in [4.69, 9.17) is 4.42 Å². The van der Waals surface area contributed by atoms with Crippen molar-refractivity contribution in [1.29, 1.82) is 0 Å². The number of hydrogen-bond donors (Lipinski definition) is 0. The molecule has 0 N–H and O–H groups in total. The molecule has 4 rings (SSSR count). The average molecular weight is 367 g/mol. The molecule has 0 aliphatic rings. The van der Waals surface area contributed by atoms with Crippen LogP contribution in [0.25, 0.3) is 28.1 Å². The number of imidazole rings is 1. The van der Waals surface area contributed by atoms with E-state index in [2.05, 4.69) is 4.98 Å². The lowest BCUT2D eigenvalue weighted by atomic mass is 10.1. The molecule has 0 aliphatic carbocycles. The van der Waals surface area contributed by atoms with Crippen LogP contribution in [-0.4, -0.2) is 14.3 Å². The van der Waals surface area contributed by atoms with Gasteiger partial charge in [-0.1, -0.05) is 17.4 Å². The second kappa shape index (κ2) is 5.92. The van der Waals surface area contributed by atoms with Crippen molar-refractivity contribution in [3.05, 3.63) is 72.2 Å². The molecule has 4 aromatic rings. The molecule has 0 amide bonds. The number of nitrogens with zero attached hydrogens (tertiary/aromatic N) is 3.